The van der Waals surface area contributed by atoms with E-state index in [2.05, 4.69) is 5.32 Å². The minimum Gasteiger partial charge on any atom is -0.377 e. The summed E-state index contributed by atoms with van der Waals surface area (Å²) in [6.07, 6.45) is 1.91. The molecule has 1 atom stereocenters. The van der Waals surface area contributed by atoms with E-state index in [9.17, 15) is 22.0 Å². The number of sulfonamides is 1. The zero-order chi connectivity index (χ0) is 22.6. The van der Waals surface area contributed by atoms with Gasteiger partial charge in [0.05, 0.1) is 11.1 Å². The second-order valence-electron chi connectivity index (χ2n) is 7.16. The van der Waals surface area contributed by atoms with Crippen LogP contribution in [0.4, 0.5) is 14.5 Å². The summed E-state index contributed by atoms with van der Waals surface area (Å²) in [4.78, 5) is 12.0. The van der Waals surface area contributed by atoms with Gasteiger partial charge in [-0.05, 0) is 62.6 Å². The SMILES string of the molecule is CCOC1CCCCN(S(=O)(=O)c2cc(C(=O)Nc3ccc(F)c(Cl)c3)ccc2F)C1. The van der Waals surface area contributed by atoms with E-state index >= 15 is 0 Å². The number of amides is 1. The molecule has 0 spiro atoms. The number of carbonyl (C=O) groups is 1. The Bertz CT molecular complexity index is 1070. The summed E-state index contributed by atoms with van der Waals surface area (Å²) in [5.41, 5.74) is 0.161. The van der Waals surface area contributed by atoms with Gasteiger partial charge in [-0.15, -0.1) is 0 Å². The van der Waals surface area contributed by atoms with Crippen molar-refractivity contribution < 1.29 is 26.7 Å². The van der Waals surface area contributed by atoms with Gasteiger partial charge in [0.25, 0.3) is 5.91 Å². The minimum atomic E-state index is -4.18. The first-order valence-electron chi connectivity index (χ1n) is 9.90. The molecule has 31 heavy (non-hydrogen) atoms. The third-order valence-corrected chi connectivity index (χ3v) is 7.15. The molecule has 10 heteroatoms. The topological polar surface area (TPSA) is 75.7 Å². The highest BCUT2D eigenvalue weighted by molar-refractivity contribution is 7.89. The van der Waals surface area contributed by atoms with Crippen molar-refractivity contribution in [1.29, 1.82) is 0 Å². The Morgan fingerprint density at radius 2 is 1.94 bits per heavy atom. The number of rotatable bonds is 6. The van der Waals surface area contributed by atoms with Gasteiger partial charge < -0.3 is 10.1 Å². The Kier molecular flexibility index (Phi) is 7.64. The summed E-state index contributed by atoms with van der Waals surface area (Å²) in [5.74, 6) is -2.27. The van der Waals surface area contributed by atoms with Gasteiger partial charge in [-0.1, -0.05) is 11.6 Å². The van der Waals surface area contributed by atoms with Crippen molar-refractivity contribution in [2.45, 2.75) is 37.2 Å². The quantitative estimate of drug-likeness (QED) is 0.674. The molecule has 0 radical (unpaired) electrons. The first kappa shape index (κ1) is 23.6. The van der Waals surface area contributed by atoms with Crippen LogP contribution in [-0.4, -0.2) is 44.4 Å². The average Bonchev–Trinajstić information content (AvgIpc) is 2.97. The molecule has 0 aromatic heterocycles. The number of benzene rings is 2. The molecule has 1 amide bonds. The number of hydrogen-bond acceptors (Lipinski definition) is 4. The molecular weight excluding hydrogens is 450 g/mol. The number of carbonyl (C=O) groups excluding carboxylic acids is 1. The molecule has 1 heterocycles. The summed E-state index contributed by atoms with van der Waals surface area (Å²) in [5, 5.41) is 2.32. The van der Waals surface area contributed by atoms with E-state index in [1.54, 1.807) is 0 Å². The van der Waals surface area contributed by atoms with Crippen LogP contribution in [0.25, 0.3) is 0 Å². The van der Waals surface area contributed by atoms with Gasteiger partial charge in [0, 0.05) is 30.9 Å². The van der Waals surface area contributed by atoms with E-state index in [-0.39, 0.29) is 35.5 Å². The van der Waals surface area contributed by atoms with Crippen LogP contribution in [0, 0.1) is 11.6 Å². The second kappa shape index (κ2) is 10.0. The molecule has 6 nitrogen and oxygen atoms in total. The van der Waals surface area contributed by atoms with Crippen LogP contribution in [0.15, 0.2) is 41.3 Å². The van der Waals surface area contributed by atoms with Crippen LogP contribution in [0.1, 0.15) is 36.5 Å². The Labute approximate surface area is 185 Å². The Morgan fingerprint density at radius 1 is 1.19 bits per heavy atom. The highest BCUT2D eigenvalue weighted by Crippen LogP contribution is 2.26. The normalized spacial score (nSPS) is 17.9. The van der Waals surface area contributed by atoms with E-state index < -0.39 is 32.5 Å². The molecule has 2 aromatic rings. The van der Waals surface area contributed by atoms with Gasteiger partial charge in [-0.2, -0.15) is 4.31 Å². The van der Waals surface area contributed by atoms with Crippen molar-refractivity contribution >= 4 is 33.2 Å². The Morgan fingerprint density at radius 3 is 2.65 bits per heavy atom. The van der Waals surface area contributed by atoms with Gasteiger partial charge in [0.15, 0.2) is 0 Å². The van der Waals surface area contributed by atoms with Gasteiger partial charge in [-0.25, -0.2) is 17.2 Å². The second-order valence-corrected chi connectivity index (χ2v) is 9.48. The standard InChI is InChI=1S/C21H23ClF2N2O4S/c1-2-30-16-5-3-4-10-26(13-16)31(28,29)20-11-14(6-8-19(20)24)21(27)25-15-7-9-18(23)17(22)12-15/h6-9,11-12,16H,2-5,10,13H2,1H3,(H,25,27). The maximum atomic E-state index is 14.5. The number of nitrogens with zero attached hydrogens (tertiary/aromatic N) is 1. The van der Waals surface area contributed by atoms with Crippen LogP contribution in [-0.2, 0) is 14.8 Å². The summed E-state index contributed by atoms with van der Waals surface area (Å²) < 4.78 is 61.0. The van der Waals surface area contributed by atoms with E-state index in [1.165, 1.54) is 22.5 Å². The van der Waals surface area contributed by atoms with Gasteiger partial charge in [-0.3, -0.25) is 4.79 Å². The monoisotopic (exact) mass is 472 g/mol. The Balaban J connectivity index is 1.86. The molecule has 1 saturated heterocycles. The minimum absolute atomic E-state index is 0.0587. The number of hydrogen-bond donors (Lipinski definition) is 1. The number of anilines is 1. The molecule has 0 aliphatic carbocycles. The van der Waals surface area contributed by atoms with Gasteiger partial charge >= 0.3 is 0 Å². The smallest absolute Gasteiger partial charge is 0.255 e. The highest BCUT2D eigenvalue weighted by Gasteiger charge is 2.32. The summed E-state index contributed by atoms with van der Waals surface area (Å²) in [6.45, 7) is 2.66. The summed E-state index contributed by atoms with van der Waals surface area (Å²) in [6, 6.07) is 6.75. The fraction of sp³-hybridized carbons (Fsp3) is 0.381. The molecule has 168 valence electrons. The first-order chi connectivity index (χ1) is 14.7. The zero-order valence-corrected chi connectivity index (χ0v) is 18.5. The van der Waals surface area contributed by atoms with Crippen LogP contribution >= 0.6 is 11.6 Å². The predicted molar refractivity (Wildman–Crippen MR) is 114 cm³/mol. The van der Waals surface area contributed by atoms with Crippen molar-refractivity contribution in [3.8, 4) is 0 Å². The van der Waals surface area contributed by atoms with E-state index in [0.717, 1.165) is 31.0 Å². The molecule has 0 bridgehead atoms. The van der Waals surface area contributed by atoms with Crippen molar-refractivity contribution in [2.75, 3.05) is 25.0 Å². The van der Waals surface area contributed by atoms with Crippen LogP contribution in [0.5, 0.6) is 0 Å². The molecule has 1 fully saturated rings. The van der Waals surface area contributed by atoms with Crippen molar-refractivity contribution in [3.05, 3.63) is 58.6 Å². The molecule has 3 rings (SSSR count). The third-order valence-electron chi connectivity index (χ3n) is 4.98. The fourth-order valence-corrected chi connectivity index (χ4v) is 5.20. The molecular formula is C21H23ClF2N2O4S. The lowest BCUT2D eigenvalue weighted by atomic mass is 10.2. The highest BCUT2D eigenvalue weighted by atomic mass is 35.5. The van der Waals surface area contributed by atoms with Crippen molar-refractivity contribution in [2.24, 2.45) is 0 Å². The molecule has 0 saturated carbocycles. The number of halogens is 3. The third kappa shape index (κ3) is 5.60. The van der Waals surface area contributed by atoms with Crippen molar-refractivity contribution in [3.63, 3.8) is 0 Å². The lowest BCUT2D eigenvalue weighted by Crippen LogP contribution is -2.37. The zero-order valence-electron chi connectivity index (χ0n) is 16.9. The van der Waals surface area contributed by atoms with Crippen LogP contribution in [0.2, 0.25) is 5.02 Å². The largest absolute Gasteiger partial charge is 0.377 e. The van der Waals surface area contributed by atoms with Crippen molar-refractivity contribution in [1.82, 2.24) is 4.31 Å². The van der Waals surface area contributed by atoms with E-state index in [4.69, 9.17) is 16.3 Å². The van der Waals surface area contributed by atoms with Gasteiger partial charge in [0.1, 0.15) is 16.5 Å². The number of ether oxygens (including phenoxy) is 1. The first-order valence-corrected chi connectivity index (χ1v) is 11.7. The van der Waals surface area contributed by atoms with E-state index in [1.807, 2.05) is 6.92 Å². The molecule has 1 N–H and O–H groups in total. The maximum Gasteiger partial charge on any atom is 0.255 e. The summed E-state index contributed by atoms with van der Waals surface area (Å²) >= 11 is 5.71. The fourth-order valence-electron chi connectivity index (χ4n) is 3.42. The lowest BCUT2D eigenvalue weighted by Gasteiger charge is -2.24. The Hall–Kier alpha value is -2.07. The van der Waals surface area contributed by atoms with E-state index in [0.29, 0.717) is 13.0 Å². The molecule has 1 aliphatic rings. The lowest BCUT2D eigenvalue weighted by molar-refractivity contribution is 0.0498. The molecule has 1 aliphatic heterocycles. The maximum absolute atomic E-state index is 14.5. The van der Waals surface area contributed by atoms with Crippen LogP contribution in [0.3, 0.4) is 0 Å². The molecule has 1 unspecified atom stereocenters. The van der Waals surface area contributed by atoms with Crippen LogP contribution < -0.4 is 5.32 Å². The van der Waals surface area contributed by atoms with Gasteiger partial charge in [0.2, 0.25) is 10.0 Å². The summed E-state index contributed by atoms with van der Waals surface area (Å²) in [7, 11) is -4.18. The number of nitrogens with one attached hydrogen (secondary N) is 1. The average molecular weight is 473 g/mol. The predicted octanol–water partition coefficient (Wildman–Crippen LogP) is 4.45. The molecule has 2 aromatic carbocycles.